The highest BCUT2D eigenvalue weighted by Gasteiger charge is 2.41. The number of rotatable bonds is 10. The Hall–Kier alpha value is -10.3. The van der Waals surface area contributed by atoms with Gasteiger partial charge in [-0.15, -0.1) is 11.3 Å². The number of nitrogens with zero attached hydrogens (tertiary/aromatic N) is 3. The number of thiophene rings is 1. The smallest absolute Gasteiger partial charge is 0.0547 e. The van der Waals surface area contributed by atoms with Crippen LogP contribution in [0.25, 0.3) is 91.8 Å². The molecule has 2 heterocycles. The average Bonchev–Trinajstić information content (AvgIpc) is 4.22. The van der Waals surface area contributed by atoms with Crippen LogP contribution in [0.15, 0.2) is 303 Å². The summed E-state index contributed by atoms with van der Waals surface area (Å²) in [4.78, 5) is 4.78. The minimum absolute atomic E-state index is 0.406. The maximum Gasteiger partial charge on any atom is 0.0547 e. The van der Waals surface area contributed by atoms with Gasteiger partial charge in [-0.05, 0) is 189 Å². The summed E-state index contributed by atoms with van der Waals surface area (Å²) >= 11 is 1.85. The van der Waals surface area contributed by atoms with Gasteiger partial charge in [0, 0.05) is 76.2 Å². The van der Waals surface area contributed by atoms with Crippen LogP contribution < -0.4 is 9.80 Å². The number of hydrogen-bond acceptors (Lipinski definition) is 3. The van der Waals surface area contributed by atoms with Crippen molar-refractivity contribution < 1.29 is 0 Å². The van der Waals surface area contributed by atoms with Crippen molar-refractivity contribution in [1.29, 1.82) is 0 Å². The van der Waals surface area contributed by atoms with E-state index in [1.165, 1.54) is 97.3 Å². The molecule has 2 aromatic heterocycles. The molecule has 0 saturated carbocycles. The van der Waals surface area contributed by atoms with Crippen molar-refractivity contribution in [3.63, 3.8) is 0 Å². The molecule has 15 aromatic rings. The molecule has 0 N–H and O–H groups in total. The van der Waals surface area contributed by atoms with Crippen LogP contribution in [0, 0.1) is 0 Å². The molecule has 3 nitrogen and oxygen atoms in total. The van der Waals surface area contributed by atoms with Gasteiger partial charge in [0.1, 0.15) is 0 Å². The Labute approximate surface area is 481 Å². The Morgan fingerprint density at radius 1 is 0.305 bits per heavy atom. The van der Waals surface area contributed by atoms with E-state index in [-0.39, 0.29) is 0 Å². The minimum Gasteiger partial charge on any atom is -0.310 e. The molecular weight excluding hydrogens is 1010 g/mol. The summed E-state index contributed by atoms with van der Waals surface area (Å²) < 4.78 is 4.99. The molecule has 1 unspecified atom stereocenters. The van der Waals surface area contributed by atoms with E-state index in [0.29, 0.717) is 0 Å². The second-order valence-electron chi connectivity index (χ2n) is 21.8. The van der Waals surface area contributed by atoms with Gasteiger partial charge in [0.2, 0.25) is 0 Å². The lowest BCUT2D eigenvalue weighted by Crippen LogP contribution is -2.22. The molecule has 0 spiro atoms. The van der Waals surface area contributed by atoms with E-state index in [1.54, 1.807) is 0 Å². The molecule has 1 aliphatic carbocycles. The third kappa shape index (κ3) is 7.79. The van der Waals surface area contributed by atoms with Gasteiger partial charge in [-0.3, -0.25) is 0 Å². The molecule has 4 heteroatoms. The van der Waals surface area contributed by atoms with Crippen molar-refractivity contribution in [2.45, 2.75) is 12.3 Å². The number of para-hydroxylation sites is 4. The van der Waals surface area contributed by atoms with Crippen LogP contribution in [0.2, 0.25) is 0 Å². The van der Waals surface area contributed by atoms with Crippen LogP contribution >= 0.6 is 11.3 Å². The summed E-state index contributed by atoms with van der Waals surface area (Å²) in [6.07, 6.45) is 0. The van der Waals surface area contributed by atoms with E-state index in [1.807, 2.05) is 11.3 Å². The molecule has 13 aromatic carbocycles. The molecular formula is C78H53N3S. The van der Waals surface area contributed by atoms with Gasteiger partial charge in [0.15, 0.2) is 0 Å². The van der Waals surface area contributed by atoms with Crippen molar-refractivity contribution in [1.82, 2.24) is 4.57 Å². The molecule has 1 atom stereocenters. The monoisotopic (exact) mass is 1060 g/mol. The zero-order valence-electron chi connectivity index (χ0n) is 45.1. The van der Waals surface area contributed by atoms with Crippen molar-refractivity contribution in [2.24, 2.45) is 0 Å². The highest BCUT2D eigenvalue weighted by molar-refractivity contribution is 7.25. The Kier molecular flexibility index (Phi) is 11.2. The van der Waals surface area contributed by atoms with E-state index in [4.69, 9.17) is 0 Å². The van der Waals surface area contributed by atoms with Gasteiger partial charge in [0.25, 0.3) is 0 Å². The molecule has 16 rings (SSSR count). The predicted octanol–water partition coefficient (Wildman–Crippen LogP) is 21.9. The van der Waals surface area contributed by atoms with Crippen LogP contribution in [0.4, 0.5) is 34.1 Å². The molecule has 0 bridgehead atoms. The van der Waals surface area contributed by atoms with Gasteiger partial charge in [-0.2, -0.15) is 0 Å². The van der Waals surface area contributed by atoms with E-state index < -0.39 is 5.41 Å². The SMILES string of the molecule is CC1(c2ccc3ccccc3c2)c2ccc(-c3cccc(N(c4cccc(N(c5ccccc5)c5ccccc5)c4)c4ccc5sc6ccccc6c5c4)c3)cc2-c2cc(-c3ccc4c5ccccc5n(-c5ccccc5)c4c3)ccc21. The summed E-state index contributed by atoms with van der Waals surface area (Å²) in [6, 6.07) is 112. The summed E-state index contributed by atoms with van der Waals surface area (Å²) in [5.74, 6) is 0. The van der Waals surface area contributed by atoms with E-state index in [2.05, 4.69) is 325 Å². The predicted molar refractivity (Wildman–Crippen MR) is 349 cm³/mol. The van der Waals surface area contributed by atoms with Crippen molar-refractivity contribution in [3.8, 4) is 39.1 Å². The lowest BCUT2D eigenvalue weighted by atomic mass is 9.73. The number of hydrogen-bond donors (Lipinski definition) is 0. The standard InChI is InChI=1S/C78H53N3S/c1-78(58-39-35-52-19-11-12-20-53(52)45-58)72-42-37-55(47-69(72)70-48-56(38-43-73(70)78)57-36-41-67-66-31-13-15-33-74(66)81(75(67)49-57)61-26-9-4-10-27-61)54-21-17-28-62(46-54)80(65-40-44-77-71(51-65)68-32-14-16-34-76(68)82-77)64-30-18-29-63(50-64)79(59-22-5-2-6-23-59)60-24-7-3-8-25-60/h2-51H,1H3. The van der Waals surface area contributed by atoms with Crippen LogP contribution in [0.5, 0.6) is 0 Å². The van der Waals surface area contributed by atoms with Crippen molar-refractivity contribution >= 4 is 98.2 Å². The van der Waals surface area contributed by atoms with Crippen LogP contribution in [-0.2, 0) is 5.41 Å². The zero-order chi connectivity index (χ0) is 54.3. The normalized spacial score (nSPS) is 13.7. The van der Waals surface area contributed by atoms with Crippen LogP contribution in [0.1, 0.15) is 23.6 Å². The molecule has 0 fully saturated rings. The largest absolute Gasteiger partial charge is 0.310 e. The van der Waals surface area contributed by atoms with Gasteiger partial charge in [-0.1, -0.05) is 182 Å². The Bertz CT molecular complexity index is 4920. The maximum atomic E-state index is 2.46. The lowest BCUT2D eigenvalue weighted by molar-refractivity contribution is 0.715. The first-order valence-corrected chi connectivity index (χ1v) is 29.0. The molecule has 386 valence electrons. The summed E-state index contributed by atoms with van der Waals surface area (Å²) in [5.41, 5.74) is 20.8. The Morgan fingerprint density at radius 3 is 1.54 bits per heavy atom. The summed E-state index contributed by atoms with van der Waals surface area (Å²) in [5, 5.41) is 7.53. The highest BCUT2D eigenvalue weighted by atomic mass is 32.1. The van der Waals surface area contributed by atoms with Gasteiger partial charge in [-0.25, -0.2) is 0 Å². The van der Waals surface area contributed by atoms with Crippen molar-refractivity contribution in [3.05, 3.63) is 320 Å². The van der Waals surface area contributed by atoms with E-state index in [9.17, 15) is 0 Å². The van der Waals surface area contributed by atoms with Crippen LogP contribution in [-0.4, -0.2) is 4.57 Å². The van der Waals surface area contributed by atoms with Gasteiger partial charge < -0.3 is 14.4 Å². The fourth-order valence-corrected chi connectivity index (χ4v) is 14.3. The Morgan fingerprint density at radius 2 is 0.817 bits per heavy atom. The molecule has 0 amide bonds. The third-order valence-electron chi connectivity index (χ3n) is 17.2. The van der Waals surface area contributed by atoms with E-state index >= 15 is 0 Å². The van der Waals surface area contributed by atoms with E-state index in [0.717, 1.165) is 45.4 Å². The lowest BCUT2D eigenvalue weighted by Gasteiger charge is -2.30. The quantitative estimate of drug-likeness (QED) is 0.135. The number of benzene rings is 13. The molecule has 0 aliphatic heterocycles. The zero-order valence-corrected chi connectivity index (χ0v) is 45.9. The molecule has 82 heavy (non-hydrogen) atoms. The fraction of sp³-hybridized carbons (Fsp3) is 0.0256. The topological polar surface area (TPSA) is 11.4 Å². The van der Waals surface area contributed by atoms with Gasteiger partial charge in [0.05, 0.1) is 11.0 Å². The first-order valence-electron chi connectivity index (χ1n) is 28.2. The van der Waals surface area contributed by atoms with Crippen molar-refractivity contribution in [2.75, 3.05) is 9.80 Å². The molecule has 0 radical (unpaired) electrons. The number of aromatic nitrogens is 1. The first kappa shape index (κ1) is 47.7. The second-order valence-corrected chi connectivity index (χ2v) is 22.9. The highest BCUT2D eigenvalue weighted by Crippen LogP contribution is 2.55. The minimum atomic E-state index is -0.406. The average molecular weight is 1060 g/mol. The van der Waals surface area contributed by atoms with Crippen LogP contribution in [0.3, 0.4) is 0 Å². The molecule has 0 saturated heterocycles. The van der Waals surface area contributed by atoms with Gasteiger partial charge >= 0.3 is 0 Å². The maximum absolute atomic E-state index is 2.46. The Balaban J connectivity index is 0.858. The number of anilines is 6. The third-order valence-corrected chi connectivity index (χ3v) is 18.3. The summed E-state index contributed by atoms with van der Waals surface area (Å²) in [6.45, 7) is 2.43. The first-order chi connectivity index (χ1) is 40.5. The second kappa shape index (κ2) is 19.2. The summed E-state index contributed by atoms with van der Waals surface area (Å²) in [7, 11) is 0. The number of fused-ring (bicyclic) bond motifs is 10. The molecule has 1 aliphatic rings. The fourth-order valence-electron chi connectivity index (χ4n) is 13.2.